The maximum Gasteiger partial charge on any atom is 0.0947 e. The van der Waals surface area contributed by atoms with Gasteiger partial charge in [0, 0.05) is 26.5 Å². The molecule has 0 saturated carbocycles. The van der Waals surface area contributed by atoms with Crippen LogP contribution < -0.4 is 5.32 Å². The molecule has 1 aromatic heterocycles. The predicted octanol–water partition coefficient (Wildman–Crippen LogP) is 1.89. The highest BCUT2D eigenvalue weighted by Crippen LogP contribution is 2.28. The first kappa shape index (κ1) is 12.6. The Labute approximate surface area is 103 Å². The topological polar surface area (TPSA) is 39.1 Å². The highest BCUT2D eigenvalue weighted by atomic mass is 16.5. The number of ether oxygens (including phenoxy) is 1. The fourth-order valence-corrected chi connectivity index (χ4v) is 2.46. The molecule has 1 atom stereocenters. The van der Waals surface area contributed by atoms with Crippen molar-refractivity contribution in [2.24, 2.45) is 13.0 Å². The summed E-state index contributed by atoms with van der Waals surface area (Å²) in [7, 11) is 2.03. The lowest BCUT2D eigenvalue weighted by Gasteiger charge is -2.30. The summed E-state index contributed by atoms with van der Waals surface area (Å²) in [5.41, 5.74) is 1.17. The molecule has 1 aliphatic rings. The molecule has 1 aromatic rings. The molecule has 96 valence electrons. The maximum absolute atomic E-state index is 5.44. The Hall–Kier alpha value is -0.870. The van der Waals surface area contributed by atoms with E-state index in [0.29, 0.717) is 12.0 Å². The Morgan fingerprint density at radius 1 is 1.53 bits per heavy atom. The van der Waals surface area contributed by atoms with E-state index in [-0.39, 0.29) is 0 Å². The lowest BCUT2D eigenvalue weighted by molar-refractivity contribution is 0.0531. The molecule has 0 aliphatic carbocycles. The third-order valence-electron chi connectivity index (χ3n) is 3.40. The smallest absolute Gasteiger partial charge is 0.0947 e. The van der Waals surface area contributed by atoms with Gasteiger partial charge in [0.25, 0.3) is 0 Å². The molecule has 1 aliphatic heterocycles. The minimum atomic E-state index is 0.389. The Kier molecular flexibility index (Phi) is 4.57. The minimum Gasteiger partial charge on any atom is -0.381 e. The molecule has 0 spiro atoms. The standard InChI is InChI=1S/C13H23N3O/c1-3-6-14-13(11-4-7-17-8-5-11)12-9-16(2)10-15-12/h9-11,13-14H,3-8H2,1-2H3. The summed E-state index contributed by atoms with van der Waals surface area (Å²) in [4.78, 5) is 4.50. The van der Waals surface area contributed by atoms with Crippen LogP contribution in [-0.2, 0) is 11.8 Å². The van der Waals surface area contributed by atoms with Gasteiger partial charge in [-0.05, 0) is 31.7 Å². The van der Waals surface area contributed by atoms with Gasteiger partial charge in [-0.2, -0.15) is 0 Å². The van der Waals surface area contributed by atoms with Gasteiger partial charge in [-0.3, -0.25) is 0 Å². The fraction of sp³-hybridized carbons (Fsp3) is 0.769. The van der Waals surface area contributed by atoms with Crippen LogP contribution in [0.2, 0.25) is 0 Å². The molecule has 17 heavy (non-hydrogen) atoms. The van der Waals surface area contributed by atoms with Gasteiger partial charge in [0.15, 0.2) is 0 Å². The van der Waals surface area contributed by atoms with Crippen molar-refractivity contribution in [2.45, 2.75) is 32.2 Å². The van der Waals surface area contributed by atoms with Crippen molar-refractivity contribution in [3.8, 4) is 0 Å². The van der Waals surface area contributed by atoms with Gasteiger partial charge >= 0.3 is 0 Å². The first-order chi connectivity index (χ1) is 8.31. The summed E-state index contributed by atoms with van der Waals surface area (Å²) in [5.74, 6) is 0.658. The molecule has 1 N–H and O–H groups in total. The van der Waals surface area contributed by atoms with E-state index in [2.05, 4.69) is 23.4 Å². The molecule has 1 fully saturated rings. The summed E-state index contributed by atoms with van der Waals surface area (Å²) in [6.45, 7) is 5.04. The highest BCUT2D eigenvalue weighted by Gasteiger charge is 2.26. The molecular formula is C13H23N3O. The van der Waals surface area contributed by atoms with Crippen molar-refractivity contribution in [1.29, 1.82) is 0 Å². The third kappa shape index (κ3) is 3.30. The normalized spacial score (nSPS) is 19.4. The van der Waals surface area contributed by atoms with Crippen LogP contribution in [0.1, 0.15) is 37.9 Å². The van der Waals surface area contributed by atoms with E-state index in [1.165, 1.54) is 5.69 Å². The number of rotatable bonds is 5. The van der Waals surface area contributed by atoms with E-state index in [4.69, 9.17) is 4.74 Å². The number of aryl methyl sites for hydroxylation is 1. The van der Waals surface area contributed by atoms with E-state index in [0.717, 1.165) is 39.0 Å². The molecule has 0 aromatic carbocycles. The van der Waals surface area contributed by atoms with Crippen molar-refractivity contribution in [3.63, 3.8) is 0 Å². The highest BCUT2D eigenvalue weighted by molar-refractivity contribution is 5.06. The van der Waals surface area contributed by atoms with Crippen LogP contribution in [0.3, 0.4) is 0 Å². The van der Waals surface area contributed by atoms with E-state index in [9.17, 15) is 0 Å². The molecule has 4 heteroatoms. The minimum absolute atomic E-state index is 0.389. The number of aromatic nitrogens is 2. The number of hydrogen-bond acceptors (Lipinski definition) is 3. The predicted molar refractivity (Wildman–Crippen MR) is 67.8 cm³/mol. The van der Waals surface area contributed by atoms with Crippen molar-refractivity contribution in [3.05, 3.63) is 18.2 Å². The van der Waals surface area contributed by atoms with Gasteiger partial charge in [0.05, 0.1) is 18.1 Å². The van der Waals surface area contributed by atoms with Crippen molar-refractivity contribution in [2.75, 3.05) is 19.8 Å². The average molecular weight is 237 g/mol. The van der Waals surface area contributed by atoms with Crippen LogP contribution in [0.5, 0.6) is 0 Å². The number of imidazole rings is 1. The van der Waals surface area contributed by atoms with Gasteiger partial charge in [0.2, 0.25) is 0 Å². The lowest BCUT2D eigenvalue weighted by Crippen LogP contribution is -2.32. The number of hydrogen-bond donors (Lipinski definition) is 1. The van der Waals surface area contributed by atoms with Gasteiger partial charge in [0.1, 0.15) is 0 Å². The number of nitrogens with one attached hydrogen (secondary N) is 1. The first-order valence-corrected chi connectivity index (χ1v) is 6.60. The molecule has 0 radical (unpaired) electrons. The molecular weight excluding hydrogens is 214 g/mol. The van der Waals surface area contributed by atoms with Crippen LogP contribution in [0.4, 0.5) is 0 Å². The van der Waals surface area contributed by atoms with E-state index >= 15 is 0 Å². The number of nitrogens with zero attached hydrogens (tertiary/aromatic N) is 2. The Balaban J connectivity index is 2.06. The molecule has 1 unspecified atom stereocenters. The first-order valence-electron chi connectivity index (χ1n) is 6.60. The van der Waals surface area contributed by atoms with Crippen molar-refractivity contribution >= 4 is 0 Å². The zero-order valence-corrected chi connectivity index (χ0v) is 10.9. The quantitative estimate of drug-likeness (QED) is 0.850. The summed E-state index contributed by atoms with van der Waals surface area (Å²) in [6, 6.07) is 0.389. The van der Waals surface area contributed by atoms with E-state index in [1.54, 1.807) is 0 Å². The van der Waals surface area contributed by atoms with Crippen LogP contribution in [0.25, 0.3) is 0 Å². The monoisotopic (exact) mass is 237 g/mol. The zero-order chi connectivity index (χ0) is 12.1. The van der Waals surface area contributed by atoms with Crippen molar-refractivity contribution < 1.29 is 4.74 Å². The average Bonchev–Trinajstić information content (AvgIpc) is 2.78. The second-order valence-corrected chi connectivity index (χ2v) is 4.85. The second-order valence-electron chi connectivity index (χ2n) is 4.85. The Morgan fingerprint density at radius 3 is 2.88 bits per heavy atom. The van der Waals surface area contributed by atoms with Crippen LogP contribution in [0, 0.1) is 5.92 Å². The van der Waals surface area contributed by atoms with Crippen LogP contribution in [-0.4, -0.2) is 29.3 Å². The van der Waals surface area contributed by atoms with E-state index in [1.807, 2.05) is 17.9 Å². The maximum atomic E-state index is 5.44. The van der Waals surface area contributed by atoms with Crippen molar-refractivity contribution in [1.82, 2.24) is 14.9 Å². The largest absolute Gasteiger partial charge is 0.381 e. The third-order valence-corrected chi connectivity index (χ3v) is 3.40. The molecule has 2 heterocycles. The Bertz CT molecular complexity index is 331. The summed E-state index contributed by atoms with van der Waals surface area (Å²) in [5, 5.41) is 3.64. The Morgan fingerprint density at radius 2 is 2.29 bits per heavy atom. The van der Waals surface area contributed by atoms with Gasteiger partial charge in [-0.1, -0.05) is 6.92 Å². The summed E-state index contributed by atoms with van der Waals surface area (Å²) >= 11 is 0. The van der Waals surface area contributed by atoms with Crippen LogP contribution in [0.15, 0.2) is 12.5 Å². The summed E-state index contributed by atoms with van der Waals surface area (Å²) in [6.07, 6.45) is 7.44. The zero-order valence-electron chi connectivity index (χ0n) is 10.9. The lowest BCUT2D eigenvalue weighted by atomic mass is 9.90. The van der Waals surface area contributed by atoms with Crippen LogP contribution >= 0.6 is 0 Å². The summed E-state index contributed by atoms with van der Waals surface area (Å²) < 4.78 is 7.47. The van der Waals surface area contributed by atoms with Gasteiger partial charge < -0.3 is 14.6 Å². The van der Waals surface area contributed by atoms with E-state index < -0.39 is 0 Å². The molecule has 1 saturated heterocycles. The fourth-order valence-electron chi connectivity index (χ4n) is 2.46. The molecule has 2 rings (SSSR count). The second kappa shape index (κ2) is 6.17. The molecule has 0 amide bonds. The van der Waals surface area contributed by atoms with Gasteiger partial charge in [-0.25, -0.2) is 4.98 Å². The molecule has 4 nitrogen and oxygen atoms in total. The SMILES string of the molecule is CCCNC(c1cn(C)cn1)C1CCOCC1. The van der Waals surface area contributed by atoms with Gasteiger partial charge in [-0.15, -0.1) is 0 Å². The molecule has 0 bridgehead atoms.